The van der Waals surface area contributed by atoms with Gasteiger partial charge in [0.1, 0.15) is 4.90 Å². The number of amides is 2. The standard InChI is InChI=1S/C16H27N5O3S/c1-3-20-12-15(10-18-20)25(23,24)21-9-6-14(11-21)13-4-7-19(8-5-13)16(22)17-2/h10,12-14H,3-9,11H2,1-2H3,(H,17,22). The molecule has 1 unspecified atom stereocenters. The Morgan fingerprint density at radius 1 is 1.24 bits per heavy atom. The first kappa shape index (κ1) is 18.2. The largest absolute Gasteiger partial charge is 0.341 e. The Labute approximate surface area is 149 Å². The Hall–Kier alpha value is -1.61. The van der Waals surface area contributed by atoms with Crippen LogP contribution < -0.4 is 5.32 Å². The van der Waals surface area contributed by atoms with Crippen molar-refractivity contribution >= 4 is 16.1 Å². The zero-order valence-corrected chi connectivity index (χ0v) is 15.7. The lowest BCUT2D eigenvalue weighted by atomic mass is 9.84. The summed E-state index contributed by atoms with van der Waals surface area (Å²) in [6.07, 6.45) is 5.82. The van der Waals surface area contributed by atoms with Crippen LogP contribution in [0.25, 0.3) is 0 Å². The lowest BCUT2D eigenvalue weighted by molar-refractivity contribution is 0.153. The molecule has 0 aliphatic carbocycles. The first-order chi connectivity index (χ1) is 12.0. The minimum atomic E-state index is -3.45. The molecule has 0 bridgehead atoms. The van der Waals surface area contributed by atoms with Gasteiger partial charge in [-0.2, -0.15) is 9.40 Å². The monoisotopic (exact) mass is 369 g/mol. The van der Waals surface area contributed by atoms with Gasteiger partial charge in [-0.1, -0.05) is 0 Å². The van der Waals surface area contributed by atoms with Crippen molar-refractivity contribution in [3.05, 3.63) is 12.4 Å². The summed E-state index contributed by atoms with van der Waals surface area (Å²) in [6.45, 7) is 5.22. The summed E-state index contributed by atoms with van der Waals surface area (Å²) < 4.78 is 28.8. The number of nitrogens with zero attached hydrogens (tertiary/aromatic N) is 4. The van der Waals surface area contributed by atoms with E-state index in [4.69, 9.17) is 0 Å². The number of urea groups is 1. The maximum atomic E-state index is 12.8. The molecule has 2 saturated heterocycles. The first-order valence-corrected chi connectivity index (χ1v) is 10.4. The molecule has 1 atom stereocenters. The summed E-state index contributed by atoms with van der Waals surface area (Å²) in [7, 11) is -1.80. The van der Waals surface area contributed by atoms with Gasteiger partial charge in [0, 0.05) is 46.0 Å². The van der Waals surface area contributed by atoms with Gasteiger partial charge in [0.2, 0.25) is 10.0 Å². The van der Waals surface area contributed by atoms with E-state index in [-0.39, 0.29) is 10.9 Å². The third-order valence-corrected chi connectivity index (χ3v) is 7.28. The smallest absolute Gasteiger partial charge is 0.317 e. The molecule has 0 spiro atoms. The zero-order valence-electron chi connectivity index (χ0n) is 14.9. The van der Waals surface area contributed by atoms with Gasteiger partial charge in [0.25, 0.3) is 0 Å². The van der Waals surface area contributed by atoms with E-state index >= 15 is 0 Å². The number of carbonyl (C=O) groups is 1. The Kier molecular flexibility index (Phi) is 5.33. The number of aryl methyl sites for hydroxylation is 1. The van der Waals surface area contributed by atoms with Gasteiger partial charge in [-0.15, -0.1) is 0 Å². The highest BCUT2D eigenvalue weighted by Crippen LogP contribution is 2.34. The molecule has 9 heteroatoms. The molecule has 0 radical (unpaired) electrons. The summed E-state index contributed by atoms with van der Waals surface area (Å²) in [5.41, 5.74) is 0. The highest BCUT2D eigenvalue weighted by Gasteiger charge is 2.38. The number of piperidine rings is 1. The second-order valence-corrected chi connectivity index (χ2v) is 8.76. The van der Waals surface area contributed by atoms with Crippen LogP contribution in [0.3, 0.4) is 0 Å². The Morgan fingerprint density at radius 3 is 2.52 bits per heavy atom. The molecule has 2 amide bonds. The molecule has 8 nitrogen and oxygen atoms in total. The molecule has 3 heterocycles. The predicted octanol–water partition coefficient (Wildman–Crippen LogP) is 0.965. The van der Waals surface area contributed by atoms with E-state index in [9.17, 15) is 13.2 Å². The van der Waals surface area contributed by atoms with E-state index in [0.29, 0.717) is 31.5 Å². The summed E-state index contributed by atoms with van der Waals surface area (Å²) >= 11 is 0. The number of rotatable bonds is 4. The summed E-state index contributed by atoms with van der Waals surface area (Å²) in [6, 6.07) is -0.0259. The summed E-state index contributed by atoms with van der Waals surface area (Å²) in [4.78, 5) is 13.8. The molecule has 2 fully saturated rings. The molecule has 0 saturated carbocycles. The van der Waals surface area contributed by atoms with Gasteiger partial charge in [-0.25, -0.2) is 13.2 Å². The summed E-state index contributed by atoms with van der Waals surface area (Å²) in [5, 5.41) is 6.74. The van der Waals surface area contributed by atoms with E-state index in [1.165, 1.54) is 6.20 Å². The van der Waals surface area contributed by atoms with Crippen LogP contribution in [-0.2, 0) is 16.6 Å². The van der Waals surface area contributed by atoms with Crippen LogP contribution in [0.4, 0.5) is 4.79 Å². The van der Waals surface area contributed by atoms with Crippen molar-refractivity contribution in [1.82, 2.24) is 24.3 Å². The normalized spacial score (nSPS) is 23.1. The van der Waals surface area contributed by atoms with E-state index in [1.807, 2.05) is 11.8 Å². The second kappa shape index (κ2) is 7.33. The number of carbonyl (C=O) groups excluding carboxylic acids is 1. The highest BCUT2D eigenvalue weighted by molar-refractivity contribution is 7.89. The van der Waals surface area contributed by atoms with Crippen molar-refractivity contribution in [1.29, 1.82) is 0 Å². The number of likely N-dealkylation sites (tertiary alicyclic amines) is 1. The van der Waals surface area contributed by atoms with Crippen molar-refractivity contribution in [2.24, 2.45) is 11.8 Å². The van der Waals surface area contributed by atoms with Crippen molar-refractivity contribution < 1.29 is 13.2 Å². The number of hydrogen-bond donors (Lipinski definition) is 1. The Balaban J connectivity index is 1.59. The lowest BCUT2D eigenvalue weighted by Crippen LogP contribution is -2.44. The number of aromatic nitrogens is 2. The predicted molar refractivity (Wildman–Crippen MR) is 93.5 cm³/mol. The maximum absolute atomic E-state index is 12.8. The van der Waals surface area contributed by atoms with Crippen molar-refractivity contribution in [2.45, 2.75) is 37.6 Å². The molecule has 1 N–H and O–H groups in total. The van der Waals surface area contributed by atoms with Crippen LogP contribution in [0, 0.1) is 11.8 Å². The lowest BCUT2D eigenvalue weighted by Gasteiger charge is -2.34. The minimum absolute atomic E-state index is 0.0259. The van der Waals surface area contributed by atoms with Crippen LogP contribution in [-0.4, -0.2) is 66.7 Å². The van der Waals surface area contributed by atoms with Crippen LogP contribution >= 0.6 is 0 Å². The zero-order chi connectivity index (χ0) is 18.0. The Morgan fingerprint density at radius 2 is 1.92 bits per heavy atom. The van der Waals surface area contributed by atoms with Gasteiger partial charge >= 0.3 is 6.03 Å². The van der Waals surface area contributed by atoms with Gasteiger partial charge in [-0.05, 0) is 38.0 Å². The molecule has 2 aliphatic heterocycles. The van der Waals surface area contributed by atoms with E-state index in [1.54, 1.807) is 22.2 Å². The average Bonchev–Trinajstić information content (AvgIpc) is 3.31. The average molecular weight is 369 g/mol. The van der Waals surface area contributed by atoms with Crippen molar-refractivity contribution in [2.75, 3.05) is 33.2 Å². The van der Waals surface area contributed by atoms with Crippen LogP contribution in [0.2, 0.25) is 0 Å². The molecular weight excluding hydrogens is 342 g/mol. The van der Waals surface area contributed by atoms with Crippen LogP contribution in [0.1, 0.15) is 26.2 Å². The number of nitrogens with one attached hydrogen (secondary N) is 1. The SMILES string of the molecule is CCn1cc(S(=O)(=O)N2CCC(C3CCN(C(=O)NC)CC3)C2)cn1. The molecular formula is C16H27N5O3S. The minimum Gasteiger partial charge on any atom is -0.341 e. The molecule has 2 aliphatic rings. The molecule has 3 rings (SSSR count). The van der Waals surface area contributed by atoms with E-state index in [0.717, 1.165) is 32.4 Å². The highest BCUT2D eigenvalue weighted by atomic mass is 32.2. The fraction of sp³-hybridized carbons (Fsp3) is 0.750. The van der Waals surface area contributed by atoms with Gasteiger partial charge in [-0.3, -0.25) is 4.68 Å². The van der Waals surface area contributed by atoms with Crippen LogP contribution in [0.5, 0.6) is 0 Å². The first-order valence-electron chi connectivity index (χ1n) is 8.95. The Bertz CT molecular complexity index is 709. The molecule has 140 valence electrons. The van der Waals surface area contributed by atoms with Crippen molar-refractivity contribution in [3.63, 3.8) is 0 Å². The number of sulfonamides is 1. The maximum Gasteiger partial charge on any atom is 0.317 e. The molecule has 1 aromatic rings. The van der Waals surface area contributed by atoms with Gasteiger partial charge in [0.15, 0.2) is 0 Å². The van der Waals surface area contributed by atoms with Gasteiger partial charge < -0.3 is 10.2 Å². The van der Waals surface area contributed by atoms with Gasteiger partial charge in [0.05, 0.1) is 6.20 Å². The molecule has 25 heavy (non-hydrogen) atoms. The third-order valence-electron chi connectivity index (χ3n) is 5.47. The van der Waals surface area contributed by atoms with Crippen LogP contribution in [0.15, 0.2) is 17.3 Å². The van der Waals surface area contributed by atoms with E-state index in [2.05, 4.69) is 10.4 Å². The third kappa shape index (κ3) is 3.67. The van der Waals surface area contributed by atoms with Crippen molar-refractivity contribution in [3.8, 4) is 0 Å². The number of hydrogen-bond acceptors (Lipinski definition) is 4. The molecule has 1 aromatic heterocycles. The second-order valence-electron chi connectivity index (χ2n) is 6.82. The topological polar surface area (TPSA) is 87.5 Å². The quantitative estimate of drug-likeness (QED) is 0.856. The fourth-order valence-electron chi connectivity index (χ4n) is 3.89. The summed E-state index contributed by atoms with van der Waals surface area (Å²) in [5.74, 6) is 0.863. The van der Waals surface area contributed by atoms with E-state index < -0.39 is 10.0 Å². The molecule has 0 aromatic carbocycles. The fourth-order valence-corrected chi connectivity index (χ4v) is 5.36.